The summed E-state index contributed by atoms with van der Waals surface area (Å²) in [6.07, 6.45) is 0. The minimum Gasteiger partial charge on any atom is -0.309 e. The van der Waals surface area contributed by atoms with E-state index in [-0.39, 0.29) is 5.41 Å². The zero-order chi connectivity index (χ0) is 35.3. The highest BCUT2D eigenvalue weighted by molar-refractivity contribution is 7.26. The van der Waals surface area contributed by atoms with E-state index in [1.54, 1.807) is 0 Å². The monoisotopic (exact) mass is 693 g/mol. The number of rotatable bonds is 4. The fourth-order valence-electron chi connectivity index (χ4n) is 8.95. The topological polar surface area (TPSA) is 4.93 Å². The molecule has 10 aromatic rings. The van der Waals surface area contributed by atoms with Crippen LogP contribution >= 0.6 is 11.3 Å². The lowest BCUT2D eigenvalue weighted by atomic mass is 9.81. The Balaban J connectivity index is 1.03. The quantitative estimate of drug-likeness (QED) is 0.173. The molecule has 53 heavy (non-hydrogen) atoms. The van der Waals surface area contributed by atoms with Crippen LogP contribution in [0.4, 0.5) is 0 Å². The van der Waals surface area contributed by atoms with Crippen LogP contribution in [0.1, 0.15) is 25.0 Å². The van der Waals surface area contributed by atoms with Crippen molar-refractivity contribution in [1.29, 1.82) is 0 Å². The van der Waals surface area contributed by atoms with Gasteiger partial charge in [0.1, 0.15) is 0 Å². The third-order valence-corrected chi connectivity index (χ3v) is 12.8. The molecule has 1 aliphatic rings. The predicted octanol–water partition coefficient (Wildman–Crippen LogP) is 14.5. The Labute approximate surface area is 313 Å². The summed E-state index contributed by atoms with van der Waals surface area (Å²) >= 11 is 1.90. The second-order valence-electron chi connectivity index (χ2n) is 14.9. The smallest absolute Gasteiger partial charge is 0.0541 e. The van der Waals surface area contributed by atoms with Gasteiger partial charge in [-0.2, -0.15) is 0 Å². The Hall–Kier alpha value is -6.22. The maximum absolute atomic E-state index is 2.45. The molecular formula is C51H35NS. The lowest BCUT2D eigenvalue weighted by Crippen LogP contribution is -2.14. The molecule has 0 bridgehead atoms. The second kappa shape index (κ2) is 11.4. The molecule has 0 N–H and O–H groups in total. The summed E-state index contributed by atoms with van der Waals surface area (Å²) in [5.41, 5.74) is 16.5. The highest BCUT2D eigenvalue weighted by Crippen LogP contribution is 2.54. The maximum Gasteiger partial charge on any atom is 0.0541 e. The van der Waals surface area contributed by atoms with Gasteiger partial charge in [-0.25, -0.2) is 0 Å². The van der Waals surface area contributed by atoms with E-state index < -0.39 is 0 Å². The summed E-state index contributed by atoms with van der Waals surface area (Å²) in [5.74, 6) is 0. The first-order valence-corrected chi connectivity index (χ1v) is 19.2. The Bertz CT molecular complexity index is 2960. The standard InChI is InChI=1S/C51H35NS/c1-51(2)43-25-28-48-50(40-15-9-10-16-47(40)53-48)49(43)39-24-19-37(31-44(39)51)34-17-22-38(23-18-34)52-45-26-20-35(32-11-5-3-6-12-32)29-41(45)42-30-36(21-27-46(42)52)33-13-7-4-8-14-33/h3-31H,1-2H3. The molecule has 0 unspecified atom stereocenters. The first kappa shape index (κ1) is 30.4. The molecule has 0 spiro atoms. The molecule has 1 nitrogen and oxygen atoms in total. The third kappa shape index (κ3) is 4.56. The lowest BCUT2D eigenvalue weighted by molar-refractivity contribution is 0.661. The molecule has 0 atom stereocenters. The van der Waals surface area contributed by atoms with Gasteiger partial charge in [0.25, 0.3) is 0 Å². The fourth-order valence-corrected chi connectivity index (χ4v) is 10.1. The van der Waals surface area contributed by atoms with Gasteiger partial charge in [-0.1, -0.05) is 135 Å². The molecule has 2 heterocycles. The van der Waals surface area contributed by atoms with E-state index in [4.69, 9.17) is 0 Å². The predicted molar refractivity (Wildman–Crippen MR) is 228 cm³/mol. The number of thiophene rings is 1. The van der Waals surface area contributed by atoms with Crippen molar-refractivity contribution in [2.45, 2.75) is 19.3 Å². The van der Waals surface area contributed by atoms with Crippen molar-refractivity contribution in [3.05, 3.63) is 187 Å². The van der Waals surface area contributed by atoms with Crippen molar-refractivity contribution >= 4 is 53.3 Å². The van der Waals surface area contributed by atoms with E-state index in [0.717, 1.165) is 5.69 Å². The Morgan fingerprint density at radius 1 is 0.415 bits per heavy atom. The van der Waals surface area contributed by atoms with Crippen LogP contribution in [-0.4, -0.2) is 4.57 Å². The van der Waals surface area contributed by atoms with Gasteiger partial charge in [0.2, 0.25) is 0 Å². The number of aromatic nitrogens is 1. The van der Waals surface area contributed by atoms with Crippen LogP contribution in [0.25, 0.3) is 92.2 Å². The fraction of sp³-hybridized carbons (Fsp3) is 0.0588. The average molecular weight is 694 g/mol. The second-order valence-corrected chi connectivity index (χ2v) is 16.0. The summed E-state index contributed by atoms with van der Waals surface area (Å²) in [4.78, 5) is 0. The molecule has 1 aliphatic carbocycles. The molecule has 2 heteroatoms. The van der Waals surface area contributed by atoms with E-state index in [9.17, 15) is 0 Å². The third-order valence-electron chi connectivity index (χ3n) is 11.6. The number of hydrogen-bond donors (Lipinski definition) is 0. The van der Waals surface area contributed by atoms with Crippen LogP contribution in [0.5, 0.6) is 0 Å². The van der Waals surface area contributed by atoms with Gasteiger partial charge in [0, 0.05) is 42.0 Å². The van der Waals surface area contributed by atoms with Gasteiger partial charge in [-0.3, -0.25) is 0 Å². The van der Waals surface area contributed by atoms with Crippen molar-refractivity contribution < 1.29 is 0 Å². The zero-order valence-corrected chi connectivity index (χ0v) is 30.4. The van der Waals surface area contributed by atoms with Crippen LogP contribution < -0.4 is 0 Å². The summed E-state index contributed by atoms with van der Waals surface area (Å²) in [7, 11) is 0. The van der Waals surface area contributed by atoms with Gasteiger partial charge in [0.15, 0.2) is 0 Å². The molecule has 8 aromatic carbocycles. The molecule has 0 amide bonds. The molecular weight excluding hydrogens is 659 g/mol. The largest absolute Gasteiger partial charge is 0.309 e. The Morgan fingerprint density at radius 2 is 0.962 bits per heavy atom. The van der Waals surface area contributed by atoms with Crippen molar-refractivity contribution in [2.24, 2.45) is 0 Å². The van der Waals surface area contributed by atoms with Crippen molar-refractivity contribution in [1.82, 2.24) is 4.57 Å². The van der Waals surface area contributed by atoms with E-state index in [2.05, 4.69) is 194 Å². The molecule has 0 aliphatic heterocycles. The summed E-state index contributed by atoms with van der Waals surface area (Å²) in [5, 5.41) is 5.29. The van der Waals surface area contributed by atoms with E-state index >= 15 is 0 Å². The van der Waals surface area contributed by atoms with Crippen LogP contribution in [0.3, 0.4) is 0 Å². The maximum atomic E-state index is 2.45. The Morgan fingerprint density at radius 3 is 1.62 bits per heavy atom. The zero-order valence-electron chi connectivity index (χ0n) is 29.6. The normalized spacial score (nSPS) is 13.2. The highest BCUT2D eigenvalue weighted by Gasteiger charge is 2.37. The van der Waals surface area contributed by atoms with E-state index in [1.165, 1.54) is 97.6 Å². The molecule has 11 rings (SSSR count). The van der Waals surface area contributed by atoms with Crippen LogP contribution in [0.15, 0.2) is 176 Å². The SMILES string of the molecule is CC1(C)c2cc(-c3ccc(-n4c5ccc(-c6ccccc6)cc5c5cc(-c6ccccc6)ccc54)cc3)ccc2-c2c1ccc1sc3ccccc3c21. The van der Waals surface area contributed by atoms with E-state index in [1.807, 2.05) is 11.3 Å². The summed E-state index contributed by atoms with van der Waals surface area (Å²) in [6.45, 7) is 4.78. The summed E-state index contributed by atoms with van der Waals surface area (Å²) < 4.78 is 5.15. The lowest BCUT2D eigenvalue weighted by Gasteiger charge is -2.22. The van der Waals surface area contributed by atoms with Gasteiger partial charge in [-0.05, 0) is 110 Å². The number of hydrogen-bond acceptors (Lipinski definition) is 1. The number of benzene rings is 8. The first-order valence-electron chi connectivity index (χ1n) is 18.4. The minimum absolute atomic E-state index is 0.0853. The molecule has 0 radical (unpaired) electrons. The van der Waals surface area contributed by atoms with Crippen molar-refractivity contribution in [3.8, 4) is 50.2 Å². The van der Waals surface area contributed by atoms with E-state index in [0.29, 0.717) is 0 Å². The highest BCUT2D eigenvalue weighted by atomic mass is 32.1. The molecule has 0 saturated carbocycles. The van der Waals surface area contributed by atoms with Crippen molar-refractivity contribution in [2.75, 3.05) is 0 Å². The van der Waals surface area contributed by atoms with Crippen LogP contribution in [0.2, 0.25) is 0 Å². The Kier molecular flexibility index (Phi) is 6.53. The minimum atomic E-state index is -0.0853. The molecule has 0 saturated heterocycles. The van der Waals surface area contributed by atoms with Gasteiger partial charge >= 0.3 is 0 Å². The molecule has 0 fully saturated rings. The van der Waals surface area contributed by atoms with Crippen molar-refractivity contribution in [3.63, 3.8) is 0 Å². The van der Waals surface area contributed by atoms with Crippen LogP contribution in [-0.2, 0) is 5.41 Å². The molecule has 250 valence electrons. The van der Waals surface area contributed by atoms with Gasteiger partial charge in [-0.15, -0.1) is 11.3 Å². The van der Waals surface area contributed by atoms with Gasteiger partial charge in [0.05, 0.1) is 11.0 Å². The average Bonchev–Trinajstić information content (AvgIpc) is 3.83. The summed E-state index contributed by atoms with van der Waals surface area (Å²) in [6, 6.07) is 65.1. The van der Waals surface area contributed by atoms with Crippen LogP contribution in [0, 0.1) is 0 Å². The molecule has 2 aromatic heterocycles. The first-order chi connectivity index (χ1) is 26.0. The number of nitrogens with zero attached hydrogens (tertiary/aromatic N) is 1. The van der Waals surface area contributed by atoms with Gasteiger partial charge < -0.3 is 4.57 Å². The number of fused-ring (bicyclic) bond motifs is 10.